The van der Waals surface area contributed by atoms with Gasteiger partial charge in [-0.1, -0.05) is 321 Å². The number of pyridine rings is 4. The fourth-order valence-corrected chi connectivity index (χ4v) is 22.5. The van der Waals surface area contributed by atoms with Crippen molar-refractivity contribution in [2.24, 2.45) is 45.9 Å². The second kappa shape index (κ2) is 40.3. The Kier molecular flexibility index (Phi) is 23.1. The molecule has 20 aromatic rings. The SMILES string of the molecule is [2H]C([2H])([2H])c1c[n+](C)c(-c2c(C)ccc3c2oc2c(-c4ccccc4)c([N+]#[C-])ccc23)cc1C1([2H])CCCC1.[2H]C([2H])(c1cc[n+](C)c(-c2c(C)ccc3c2oc2c(-c4ccccc4)c([N+]#[C-])ccc23)c1)C1CCCCC1.[2H]C([2H])(c1ccc(-c2c(C)ccc3c2oc2c(-c4ccccc4)c([N+]#[C-])ccc23)[n+](C)c1)C1CCCC1.[2H]C([2H])(c1ccc(-c2c(C)ccc3c2oc2c(-c4ccccc4)c([N+]#[C-])ccc23)[n+](C)c1)C1CCCCC1. The monoisotopic (exact) mass is 1870 g/mol. The van der Waals surface area contributed by atoms with Crippen molar-refractivity contribution in [3.63, 3.8) is 0 Å². The molecule has 0 atom stereocenters. The van der Waals surface area contributed by atoms with E-state index < -0.39 is 31.9 Å². The third kappa shape index (κ3) is 17.9. The molecule has 8 aromatic heterocycles. The van der Waals surface area contributed by atoms with Gasteiger partial charge in [-0.05, 0) is 158 Å². The summed E-state index contributed by atoms with van der Waals surface area (Å²) in [5.74, 6) is -0.740. The van der Waals surface area contributed by atoms with E-state index in [1.807, 2.05) is 286 Å². The molecule has 12 aromatic carbocycles. The fraction of sp³-hybridized carbons (Fsp3) is 0.262. The third-order valence-electron chi connectivity index (χ3n) is 29.7. The van der Waals surface area contributed by atoms with Crippen LogP contribution in [0.4, 0.5) is 22.7 Å². The van der Waals surface area contributed by atoms with Gasteiger partial charge in [-0.25, -0.2) is 37.6 Å². The van der Waals surface area contributed by atoms with E-state index in [1.165, 1.54) is 12.8 Å². The average Bonchev–Trinajstić information content (AvgIpc) is 1.57. The number of hydrogen-bond donors (Lipinski definition) is 0. The molecule has 4 aliphatic carbocycles. The predicted octanol–water partition coefficient (Wildman–Crippen LogP) is 34.4. The maximum atomic E-state index is 9.23. The van der Waals surface area contributed by atoms with Crippen molar-refractivity contribution in [2.45, 2.75) is 175 Å². The van der Waals surface area contributed by atoms with Crippen LogP contribution in [0.2, 0.25) is 0 Å². The molecule has 12 heteroatoms. The molecule has 8 heterocycles. The van der Waals surface area contributed by atoms with Gasteiger partial charge in [0.2, 0.25) is 22.8 Å². The van der Waals surface area contributed by atoms with E-state index in [0.29, 0.717) is 57.9 Å². The lowest BCUT2D eigenvalue weighted by Crippen LogP contribution is -2.32. The molecule has 0 unspecified atom stereocenters. The van der Waals surface area contributed by atoms with Crippen LogP contribution in [0.3, 0.4) is 0 Å². The van der Waals surface area contributed by atoms with Gasteiger partial charge in [0.05, 0.1) is 48.5 Å². The Morgan fingerprint density at radius 3 is 0.866 bits per heavy atom. The minimum absolute atomic E-state index is 0.0420. The number of aromatic nitrogens is 4. The predicted molar refractivity (Wildman–Crippen MR) is 579 cm³/mol. The molecular formula is C130H120N8O4+4. The molecule has 12 nitrogen and oxygen atoms in total. The van der Waals surface area contributed by atoms with Crippen molar-refractivity contribution in [1.82, 2.24) is 0 Å². The summed E-state index contributed by atoms with van der Waals surface area (Å²) < 4.78 is 122. The number of benzene rings is 12. The molecule has 0 radical (unpaired) electrons. The lowest BCUT2D eigenvalue weighted by atomic mass is 9.85. The molecule has 142 heavy (non-hydrogen) atoms. The second-order valence-electron chi connectivity index (χ2n) is 38.9. The van der Waals surface area contributed by atoms with Gasteiger partial charge in [-0.15, -0.1) is 0 Å². The number of rotatable bonds is 15. The highest BCUT2D eigenvalue weighted by molar-refractivity contribution is 6.19. The largest absolute Gasteiger partial charge is 0.456 e. The molecule has 0 amide bonds. The smallest absolute Gasteiger partial charge is 0.216 e. The third-order valence-corrected chi connectivity index (χ3v) is 29.7. The summed E-state index contributed by atoms with van der Waals surface area (Å²) in [6.07, 6.45) is 21.4. The Hall–Kier alpha value is -15.6. The molecule has 0 saturated heterocycles. The van der Waals surface area contributed by atoms with Crippen molar-refractivity contribution in [2.75, 3.05) is 0 Å². The number of aryl methyl sites for hydroxylation is 9. The maximum absolute atomic E-state index is 9.23. The lowest BCUT2D eigenvalue weighted by molar-refractivity contribution is -0.660. The summed E-state index contributed by atoms with van der Waals surface area (Å²) in [6, 6.07) is 85.7. The van der Waals surface area contributed by atoms with E-state index in [4.69, 9.17) is 56.3 Å². The van der Waals surface area contributed by atoms with Crippen molar-refractivity contribution in [1.29, 1.82) is 0 Å². The highest BCUT2D eigenvalue weighted by atomic mass is 16.3. The number of hydrogen-bond acceptors (Lipinski definition) is 4. The van der Waals surface area contributed by atoms with Gasteiger partial charge in [0, 0.05) is 126 Å². The first-order valence-corrected chi connectivity index (χ1v) is 50.1. The molecule has 4 aliphatic rings. The van der Waals surface area contributed by atoms with Crippen molar-refractivity contribution >= 4 is 111 Å². The fourth-order valence-electron chi connectivity index (χ4n) is 22.5. The molecule has 4 fully saturated rings. The Morgan fingerprint density at radius 2 is 0.556 bits per heavy atom. The van der Waals surface area contributed by atoms with Crippen molar-refractivity contribution in [3.8, 4) is 89.5 Å². The Balaban J connectivity index is 0.000000118. The van der Waals surface area contributed by atoms with Gasteiger partial charge in [-0.2, -0.15) is 0 Å². The van der Waals surface area contributed by atoms with Gasteiger partial charge < -0.3 is 17.7 Å². The molecule has 0 spiro atoms. The topological polar surface area (TPSA) is 85.5 Å². The summed E-state index contributed by atoms with van der Waals surface area (Å²) in [6.45, 7) is 37.1. The lowest BCUT2D eigenvalue weighted by Gasteiger charge is -2.21. The van der Waals surface area contributed by atoms with Crippen LogP contribution in [0.25, 0.3) is 197 Å². The van der Waals surface area contributed by atoms with Crippen LogP contribution in [0.15, 0.2) is 303 Å². The zero-order valence-electron chi connectivity index (χ0n) is 91.8. The van der Waals surface area contributed by atoms with E-state index in [9.17, 15) is 1.37 Å². The van der Waals surface area contributed by atoms with E-state index >= 15 is 0 Å². The molecule has 0 bridgehead atoms. The Labute approximate surface area is 847 Å². The molecule has 700 valence electrons. The molecule has 0 N–H and O–H groups in total. The zero-order chi connectivity index (χ0) is 106. The maximum Gasteiger partial charge on any atom is 0.216 e. The first kappa shape index (κ1) is 81.3. The summed E-state index contributed by atoms with van der Waals surface area (Å²) in [7, 11) is 7.83. The molecule has 24 rings (SSSR count). The van der Waals surface area contributed by atoms with Crippen LogP contribution in [0.5, 0.6) is 0 Å². The molecule has 0 aliphatic heterocycles. The number of furan rings is 4. The zero-order valence-corrected chi connectivity index (χ0v) is 81.8. The van der Waals surface area contributed by atoms with Crippen LogP contribution < -0.4 is 18.3 Å². The first-order chi connectivity index (χ1) is 73.3. The quantitative estimate of drug-likeness (QED) is 0.0756. The Morgan fingerprint density at radius 1 is 0.282 bits per heavy atom. The summed E-state index contributed by atoms with van der Waals surface area (Å²) in [5, 5.41) is 7.82. The summed E-state index contributed by atoms with van der Waals surface area (Å²) in [4.78, 5) is 15.2. The Bertz CT molecular complexity index is 8960. The van der Waals surface area contributed by atoms with E-state index in [2.05, 4.69) is 87.2 Å². The van der Waals surface area contributed by atoms with Gasteiger partial charge in [0.1, 0.15) is 72.9 Å². The van der Waals surface area contributed by atoms with Crippen LogP contribution >= 0.6 is 0 Å². The summed E-state index contributed by atoms with van der Waals surface area (Å²) >= 11 is 0. The highest BCUT2D eigenvalue weighted by Crippen LogP contribution is 2.52. The van der Waals surface area contributed by atoms with Gasteiger partial charge in [0.25, 0.3) is 0 Å². The van der Waals surface area contributed by atoms with E-state index in [-0.39, 0.29) is 23.3 Å². The van der Waals surface area contributed by atoms with Gasteiger partial charge in [0.15, 0.2) is 47.5 Å². The van der Waals surface area contributed by atoms with Crippen LogP contribution in [0.1, 0.15) is 185 Å². The molecular weight excluding hydrogens is 1740 g/mol. The van der Waals surface area contributed by atoms with E-state index in [1.54, 1.807) is 6.20 Å². The average molecular weight is 1870 g/mol. The van der Waals surface area contributed by atoms with Crippen LogP contribution in [-0.2, 0) is 47.3 Å². The number of nitrogens with zero attached hydrogens (tertiary/aromatic N) is 8. The number of fused-ring (bicyclic) bond motifs is 12. The van der Waals surface area contributed by atoms with Crippen LogP contribution in [-0.4, -0.2) is 0 Å². The van der Waals surface area contributed by atoms with E-state index in [0.717, 1.165) is 289 Å². The summed E-state index contributed by atoms with van der Waals surface area (Å²) in [5.41, 5.74) is 29.8. The first-order valence-electron chi connectivity index (χ1n) is 55.1. The minimum atomic E-state index is -2.32. The van der Waals surface area contributed by atoms with Gasteiger partial charge >= 0.3 is 0 Å². The van der Waals surface area contributed by atoms with Crippen molar-refractivity contribution in [3.05, 3.63) is 381 Å². The van der Waals surface area contributed by atoms with Gasteiger partial charge in [-0.3, -0.25) is 0 Å². The highest BCUT2D eigenvalue weighted by Gasteiger charge is 2.33. The van der Waals surface area contributed by atoms with Crippen LogP contribution in [0, 0.1) is 78.6 Å². The second-order valence-corrected chi connectivity index (χ2v) is 38.9. The molecule has 4 saturated carbocycles. The van der Waals surface area contributed by atoms with Crippen molar-refractivity contribution < 1.29 is 49.6 Å². The normalized spacial score (nSPS) is 15.9. The minimum Gasteiger partial charge on any atom is -0.456 e. The standard InChI is InChI=1S/2C33H31N2O.2C32H29N2O/c1-22-14-16-26-27-17-18-28(34-2)31(25-12-8-5-9-13-25)33(27)36-32(26)30(22)29-19-15-24(21-35(29)3)20-23-10-6-4-7-11-23;1-22-14-15-26-27-16-17-28(34-2)31(25-12-8-5-9-13-25)33(27)36-32(26)30(22)29-21-24(18-19-35(29)3)20-23-10-6-4-7-11-23;1-20-14-15-24-25-16-17-27(33-3)30(23-12-6-5-7-13-23)32(25)35-31(24)29(20)28-18-26(21(2)19-34(28)4)22-10-8-9-11-22;1-21-13-15-25-26-16-17-27(33-2)30(24-11-5-4-6-12-24)32(26)35-31(25)29(21)28-18-14-23(20-34(28)3)19-22-9-7-8-10-22/h2*5,8-9,12-19,21,23H,4,6-7,10-11,20H2,1,3H3;5-7,12-19,22H,8-11H2,1-2,4H3;4-6,11-18,20,22H,7-10,19H2,1,3H3/q4*+1/i2*20D2;2D3,22D;19D2.